The molecule has 0 aliphatic heterocycles. The summed E-state index contributed by atoms with van der Waals surface area (Å²) in [6.45, 7) is 2.34. The van der Waals surface area contributed by atoms with Crippen LogP contribution in [-0.2, 0) is 16.0 Å². The van der Waals surface area contributed by atoms with Crippen LogP contribution in [0.15, 0.2) is 12.3 Å². The van der Waals surface area contributed by atoms with Crippen LogP contribution in [0.5, 0.6) is 5.75 Å². The van der Waals surface area contributed by atoms with Gasteiger partial charge in [-0.1, -0.05) is 0 Å². The molecular formula is C11H13NO4. The normalized spacial score (nSPS) is 9.62. The number of nitrogens with zero attached hydrogens (tertiary/aromatic N) is 1. The van der Waals surface area contributed by atoms with Crippen molar-refractivity contribution in [2.75, 3.05) is 13.7 Å². The van der Waals surface area contributed by atoms with Crippen LogP contribution in [0.25, 0.3) is 0 Å². The summed E-state index contributed by atoms with van der Waals surface area (Å²) in [5.41, 5.74) is 0.658. The van der Waals surface area contributed by atoms with Crippen molar-refractivity contribution in [2.24, 2.45) is 0 Å². The highest BCUT2D eigenvalue weighted by Crippen LogP contribution is 2.16. The minimum atomic E-state index is -0.556. The summed E-state index contributed by atoms with van der Waals surface area (Å²) in [5.74, 6) is -0.0214. The lowest BCUT2D eigenvalue weighted by atomic mass is 10.1. The van der Waals surface area contributed by atoms with E-state index in [0.29, 0.717) is 24.2 Å². The third-order valence-corrected chi connectivity index (χ3v) is 1.93. The van der Waals surface area contributed by atoms with Crippen LogP contribution >= 0.6 is 0 Å². The molecule has 0 aliphatic carbocycles. The Balaban J connectivity index is 3.08. The molecule has 0 aliphatic rings. The summed E-state index contributed by atoms with van der Waals surface area (Å²) in [6.07, 6.45) is 2.25. The van der Waals surface area contributed by atoms with Crippen molar-refractivity contribution in [1.29, 1.82) is 0 Å². The Kier molecular flexibility index (Phi) is 4.44. The molecule has 5 heteroatoms. The van der Waals surface area contributed by atoms with Gasteiger partial charge in [0, 0.05) is 6.42 Å². The van der Waals surface area contributed by atoms with Gasteiger partial charge in [-0.05, 0) is 18.6 Å². The van der Waals surface area contributed by atoms with Crippen molar-refractivity contribution in [3.63, 3.8) is 0 Å². The van der Waals surface area contributed by atoms with E-state index < -0.39 is 5.97 Å². The fraction of sp³-hybridized carbons (Fsp3) is 0.364. The van der Waals surface area contributed by atoms with Gasteiger partial charge in [0.05, 0.1) is 19.9 Å². The van der Waals surface area contributed by atoms with Crippen LogP contribution in [-0.4, -0.2) is 31.0 Å². The van der Waals surface area contributed by atoms with Crippen LogP contribution in [0.2, 0.25) is 0 Å². The van der Waals surface area contributed by atoms with Crippen molar-refractivity contribution in [2.45, 2.75) is 13.3 Å². The molecule has 0 saturated heterocycles. The number of aromatic nitrogens is 1. The molecule has 1 aromatic heterocycles. The maximum absolute atomic E-state index is 11.3. The Morgan fingerprint density at radius 2 is 2.31 bits per heavy atom. The minimum absolute atomic E-state index is 0.109. The molecule has 1 rings (SSSR count). The van der Waals surface area contributed by atoms with E-state index in [1.807, 2.05) is 6.92 Å². The quantitative estimate of drug-likeness (QED) is 0.550. The number of hydrogen-bond acceptors (Lipinski definition) is 5. The van der Waals surface area contributed by atoms with Gasteiger partial charge >= 0.3 is 5.97 Å². The predicted octanol–water partition coefficient (Wildman–Crippen LogP) is 1.01. The number of hydrogen-bond donors (Lipinski definition) is 0. The molecule has 0 bridgehead atoms. The number of rotatable bonds is 5. The van der Waals surface area contributed by atoms with Crippen molar-refractivity contribution in [3.8, 4) is 5.75 Å². The summed E-state index contributed by atoms with van der Waals surface area (Å²) < 4.78 is 9.80. The molecule has 16 heavy (non-hydrogen) atoms. The van der Waals surface area contributed by atoms with Crippen LogP contribution in [0.4, 0.5) is 0 Å². The number of carbonyl (C=O) groups excluding carboxylic acids is 2. The number of esters is 1. The van der Waals surface area contributed by atoms with Gasteiger partial charge in [0.2, 0.25) is 0 Å². The average Bonchev–Trinajstić information content (AvgIpc) is 2.29. The van der Waals surface area contributed by atoms with Crippen molar-refractivity contribution in [3.05, 3.63) is 23.5 Å². The molecule has 1 heterocycles. The van der Waals surface area contributed by atoms with Gasteiger partial charge in [0.15, 0.2) is 5.69 Å². The lowest BCUT2D eigenvalue weighted by Crippen LogP contribution is -2.09. The van der Waals surface area contributed by atoms with E-state index in [4.69, 9.17) is 4.74 Å². The third kappa shape index (κ3) is 2.79. The first-order valence-electron chi connectivity index (χ1n) is 4.86. The molecule has 0 fully saturated rings. The monoisotopic (exact) mass is 223 g/mol. The predicted molar refractivity (Wildman–Crippen MR) is 56.5 cm³/mol. The highest BCUT2D eigenvalue weighted by atomic mass is 16.5. The molecule has 0 N–H and O–H groups in total. The van der Waals surface area contributed by atoms with E-state index in [-0.39, 0.29) is 12.1 Å². The Hall–Kier alpha value is -1.91. The maximum Gasteiger partial charge on any atom is 0.356 e. The van der Waals surface area contributed by atoms with Gasteiger partial charge in [-0.2, -0.15) is 0 Å². The first-order valence-corrected chi connectivity index (χ1v) is 4.86. The molecular weight excluding hydrogens is 210 g/mol. The van der Waals surface area contributed by atoms with Gasteiger partial charge in [0.25, 0.3) is 0 Å². The van der Waals surface area contributed by atoms with Gasteiger partial charge in [-0.3, -0.25) is 0 Å². The topological polar surface area (TPSA) is 65.5 Å². The fourth-order valence-corrected chi connectivity index (χ4v) is 1.26. The molecule has 1 aromatic rings. The highest BCUT2D eigenvalue weighted by molar-refractivity contribution is 5.89. The van der Waals surface area contributed by atoms with E-state index in [1.54, 1.807) is 6.07 Å². The Bertz CT molecular complexity index is 390. The molecule has 0 atom stereocenters. The summed E-state index contributed by atoms with van der Waals surface area (Å²) in [4.78, 5) is 25.8. The summed E-state index contributed by atoms with van der Waals surface area (Å²) in [7, 11) is 1.27. The second-order valence-corrected chi connectivity index (χ2v) is 2.97. The molecule has 0 aromatic carbocycles. The number of ether oxygens (including phenoxy) is 2. The van der Waals surface area contributed by atoms with Crippen LogP contribution in [0.1, 0.15) is 23.0 Å². The first-order chi connectivity index (χ1) is 7.72. The average molecular weight is 223 g/mol. The van der Waals surface area contributed by atoms with Crippen LogP contribution < -0.4 is 4.74 Å². The van der Waals surface area contributed by atoms with Gasteiger partial charge in [0.1, 0.15) is 12.0 Å². The van der Waals surface area contributed by atoms with Crippen molar-refractivity contribution >= 4 is 12.3 Å². The molecule has 0 radical (unpaired) electrons. The lowest BCUT2D eigenvalue weighted by molar-refractivity contribution is -0.107. The standard InChI is InChI=1S/C11H13NO4/c1-3-16-9-6-8(4-5-13)10(12-7-9)11(14)15-2/h5-7H,3-4H2,1-2H3. The first kappa shape index (κ1) is 12.2. The van der Waals surface area contributed by atoms with E-state index in [2.05, 4.69) is 9.72 Å². The summed E-state index contributed by atoms with van der Waals surface area (Å²) in [5, 5.41) is 0. The SMILES string of the molecule is CCOc1cnc(C(=O)OC)c(CC=O)c1. The van der Waals surface area contributed by atoms with Gasteiger partial charge in [-0.25, -0.2) is 9.78 Å². The van der Waals surface area contributed by atoms with Crippen LogP contribution in [0, 0.1) is 0 Å². The maximum atomic E-state index is 11.3. The Morgan fingerprint density at radius 3 is 2.88 bits per heavy atom. The van der Waals surface area contributed by atoms with E-state index in [9.17, 15) is 9.59 Å². The molecule has 0 unspecified atom stereocenters. The third-order valence-electron chi connectivity index (χ3n) is 1.93. The number of pyridine rings is 1. The van der Waals surface area contributed by atoms with Gasteiger partial charge in [-0.15, -0.1) is 0 Å². The lowest BCUT2D eigenvalue weighted by Gasteiger charge is -2.07. The van der Waals surface area contributed by atoms with E-state index >= 15 is 0 Å². The second-order valence-electron chi connectivity index (χ2n) is 2.97. The Morgan fingerprint density at radius 1 is 1.56 bits per heavy atom. The number of aldehydes is 1. The van der Waals surface area contributed by atoms with Gasteiger partial charge < -0.3 is 14.3 Å². The molecule has 5 nitrogen and oxygen atoms in total. The molecule has 0 amide bonds. The summed E-state index contributed by atoms with van der Waals surface area (Å²) >= 11 is 0. The van der Waals surface area contributed by atoms with Crippen molar-refractivity contribution < 1.29 is 19.1 Å². The largest absolute Gasteiger partial charge is 0.492 e. The van der Waals surface area contributed by atoms with E-state index in [1.165, 1.54) is 13.3 Å². The molecule has 0 spiro atoms. The smallest absolute Gasteiger partial charge is 0.356 e. The van der Waals surface area contributed by atoms with Crippen molar-refractivity contribution in [1.82, 2.24) is 4.98 Å². The zero-order valence-corrected chi connectivity index (χ0v) is 9.23. The Labute approximate surface area is 93.4 Å². The summed E-state index contributed by atoms with van der Waals surface area (Å²) in [6, 6.07) is 1.62. The molecule has 86 valence electrons. The molecule has 0 saturated carbocycles. The van der Waals surface area contributed by atoms with Crippen LogP contribution in [0.3, 0.4) is 0 Å². The van der Waals surface area contributed by atoms with E-state index in [0.717, 1.165) is 0 Å². The zero-order valence-electron chi connectivity index (χ0n) is 9.23. The second kappa shape index (κ2) is 5.85. The fourth-order valence-electron chi connectivity index (χ4n) is 1.26. The number of methoxy groups -OCH3 is 1. The zero-order chi connectivity index (χ0) is 12.0. The highest BCUT2D eigenvalue weighted by Gasteiger charge is 2.14. The number of carbonyl (C=O) groups is 2. The minimum Gasteiger partial charge on any atom is -0.492 e.